The van der Waals surface area contributed by atoms with Crippen LogP contribution in [-0.2, 0) is 16.6 Å². The average molecular weight is 314 g/mol. The molecule has 0 radical (unpaired) electrons. The van der Waals surface area contributed by atoms with Crippen LogP contribution in [0.25, 0.3) is 0 Å². The summed E-state index contributed by atoms with van der Waals surface area (Å²) in [6.07, 6.45) is 1.74. The predicted octanol–water partition coefficient (Wildman–Crippen LogP) is 0.275. The molecule has 7 heteroatoms. The zero-order chi connectivity index (χ0) is 13.4. The SMILES string of the molecule is CC1C(=O)NC(=O)CN1C(=O)c1cc(Br)cn1C. The first kappa shape index (κ1) is 12.8. The van der Waals surface area contributed by atoms with Gasteiger partial charge in [0, 0.05) is 17.7 Å². The Bertz CT molecular complexity index is 538. The van der Waals surface area contributed by atoms with Gasteiger partial charge in [-0.2, -0.15) is 0 Å². The van der Waals surface area contributed by atoms with E-state index < -0.39 is 17.9 Å². The van der Waals surface area contributed by atoms with Crippen molar-refractivity contribution in [3.05, 3.63) is 22.4 Å². The van der Waals surface area contributed by atoms with Crippen molar-refractivity contribution in [2.75, 3.05) is 6.54 Å². The van der Waals surface area contributed by atoms with Crippen LogP contribution in [0.3, 0.4) is 0 Å². The highest BCUT2D eigenvalue weighted by Crippen LogP contribution is 2.17. The second kappa shape index (κ2) is 4.56. The Labute approximate surface area is 112 Å². The van der Waals surface area contributed by atoms with Crippen LogP contribution >= 0.6 is 15.9 Å². The molecule has 0 spiro atoms. The minimum absolute atomic E-state index is 0.103. The lowest BCUT2D eigenvalue weighted by Crippen LogP contribution is -2.58. The smallest absolute Gasteiger partial charge is 0.271 e. The zero-order valence-electron chi connectivity index (χ0n) is 9.94. The van der Waals surface area contributed by atoms with Gasteiger partial charge in [0.2, 0.25) is 11.8 Å². The van der Waals surface area contributed by atoms with Gasteiger partial charge in [0.25, 0.3) is 5.91 Å². The minimum Gasteiger partial charge on any atom is -0.345 e. The Morgan fingerprint density at radius 3 is 2.72 bits per heavy atom. The van der Waals surface area contributed by atoms with E-state index in [9.17, 15) is 14.4 Å². The third kappa shape index (κ3) is 2.17. The van der Waals surface area contributed by atoms with Crippen LogP contribution in [0.4, 0.5) is 0 Å². The molecule has 1 aliphatic heterocycles. The highest BCUT2D eigenvalue weighted by molar-refractivity contribution is 9.10. The van der Waals surface area contributed by atoms with E-state index in [2.05, 4.69) is 21.2 Å². The van der Waals surface area contributed by atoms with E-state index in [4.69, 9.17) is 0 Å². The lowest BCUT2D eigenvalue weighted by atomic mass is 10.2. The van der Waals surface area contributed by atoms with Crippen molar-refractivity contribution < 1.29 is 14.4 Å². The number of imide groups is 1. The second-order valence-electron chi connectivity index (χ2n) is 4.18. The summed E-state index contributed by atoms with van der Waals surface area (Å²) < 4.78 is 2.42. The van der Waals surface area contributed by atoms with E-state index in [-0.39, 0.29) is 12.5 Å². The third-order valence-electron chi connectivity index (χ3n) is 2.88. The van der Waals surface area contributed by atoms with Crippen molar-refractivity contribution in [1.29, 1.82) is 0 Å². The van der Waals surface area contributed by atoms with Crippen LogP contribution in [0.5, 0.6) is 0 Å². The summed E-state index contributed by atoms with van der Waals surface area (Å²) in [4.78, 5) is 36.4. The van der Waals surface area contributed by atoms with Gasteiger partial charge in [0.1, 0.15) is 18.3 Å². The Morgan fingerprint density at radius 2 is 2.17 bits per heavy atom. The van der Waals surface area contributed by atoms with Crippen LogP contribution in [0.15, 0.2) is 16.7 Å². The molecule has 1 N–H and O–H groups in total. The maximum atomic E-state index is 12.3. The first-order valence-corrected chi connectivity index (χ1v) is 6.16. The number of hydrogen-bond acceptors (Lipinski definition) is 3. The number of rotatable bonds is 1. The van der Waals surface area contributed by atoms with Gasteiger partial charge in [-0.3, -0.25) is 19.7 Å². The summed E-state index contributed by atoms with van der Waals surface area (Å²) in [6, 6.07) is 1.01. The molecule has 96 valence electrons. The molecule has 6 nitrogen and oxygen atoms in total. The van der Waals surface area contributed by atoms with Crippen LogP contribution in [0.2, 0.25) is 0 Å². The van der Waals surface area contributed by atoms with E-state index >= 15 is 0 Å². The number of halogens is 1. The van der Waals surface area contributed by atoms with Crippen molar-refractivity contribution in [1.82, 2.24) is 14.8 Å². The monoisotopic (exact) mass is 313 g/mol. The largest absolute Gasteiger partial charge is 0.345 e. The molecule has 1 saturated heterocycles. The number of hydrogen-bond donors (Lipinski definition) is 1. The third-order valence-corrected chi connectivity index (χ3v) is 3.31. The molecule has 1 atom stereocenters. The molecule has 0 bridgehead atoms. The fraction of sp³-hybridized carbons (Fsp3) is 0.364. The van der Waals surface area contributed by atoms with E-state index in [1.165, 1.54) is 4.90 Å². The minimum atomic E-state index is -0.649. The fourth-order valence-corrected chi connectivity index (χ4v) is 2.37. The molecule has 2 heterocycles. The molecule has 1 aliphatic rings. The summed E-state index contributed by atoms with van der Waals surface area (Å²) in [5, 5.41) is 2.20. The maximum absolute atomic E-state index is 12.3. The number of aryl methyl sites for hydroxylation is 1. The van der Waals surface area contributed by atoms with Crippen molar-refractivity contribution in [2.45, 2.75) is 13.0 Å². The summed E-state index contributed by atoms with van der Waals surface area (Å²) in [5.41, 5.74) is 0.427. The van der Waals surface area contributed by atoms with Crippen molar-refractivity contribution >= 4 is 33.7 Å². The molecule has 1 aromatic rings. The topological polar surface area (TPSA) is 71.4 Å². The Balaban J connectivity index is 2.30. The van der Waals surface area contributed by atoms with Crippen molar-refractivity contribution in [3.63, 3.8) is 0 Å². The summed E-state index contributed by atoms with van der Waals surface area (Å²) in [6.45, 7) is 1.49. The number of piperazine rings is 1. The Hall–Kier alpha value is -1.63. The van der Waals surface area contributed by atoms with Crippen molar-refractivity contribution in [2.24, 2.45) is 7.05 Å². The second-order valence-corrected chi connectivity index (χ2v) is 5.09. The molecule has 0 saturated carbocycles. The molecule has 1 fully saturated rings. The fourth-order valence-electron chi connectivity index (χ4n) is 1.85. The summed E-state index contributed by atoms with van der Waals surface area (Å²) >= 11 is 3.28. The molecule has 2 rings (SSSR count). The van der Waals surface area contributed by atoms with Gasteiger partial charge in [-0.1, -0.05) is 0 Å². The van der Waals surface area contributed by atoms with E-state index in [0.717, 1.165) is 4.47 Å². The number of aromatic nitrogens is 1. The molecule has 0 aliphatic carbocycles. The lowest BCUT2D eigenvalue weighted by molar-refractivity contribution is -0.138. The molecule has 1 aromatic heterocycles. The zero-order valence-corrected chi connectivity index (χ0v) is 11.5. The maximum Gasteiger partial charge on any atom is 0.271 e. The van der Waals surface area contributed by atoms with Gasteiger partial charge in [-0.05, 0) is 28.9 Å². The summed E-state index contributed by atoms with van der Waals surface area (Å²) in [7, 11) is 1.73. The quantitative estimate of drug-likeness (QED) is 0.757. The van der Waals surface area contributed by atoms with Crippen LogP contribution in [0, 0.1) is 0 Å². The van der Waals surface area contributed by atoms with Gasteiger partial charge < -0.3 is 9.47 Å². The van der Waals surface area contributed by atoms with Gasteiger partial charge in [0.05, 0.1) is 0 Å². The Morgan fingerprint density at radius 1 is 1.50 bits per heavy atom. The lowest BCUT2D eigenvalue weighted by Gasteiger charge is -2.31. The molecule has 3 amide bonds. The Kier molecular flexibility index (Phi) is 3.25. The van der Waals surface area contributed by atoms with Gasteiger partial charge in [0.15, 0.2) is 0 Å². The number of nitrogens with zero attached hydrogens (tertiary/aromatic N) is 2. The van der Waals surface area contributed by atoms with E-state index in [0.29, 0.717) is 5.69 Å². The first-order chi connectivity index (χ1) is 8.40. The van der Waals surface area contributed by atoms with E-state index in [1.54, 1.807) is 30.8 Å². The molecule has 1 unspecified atom stereocenters. The predicted molar refractivity (Wildman–Crippen MR) is 66.8 cm³/mol. The molecule has 18 heavy (non-hydrogen) atoms. The number of amides is 3. The van der Waals surface area contributed by atoms with Crippen LogP contribution in [0.1, 0.15) is 17.4 Å². The van der Waals surface area contributed by atoms with Gasteiger partial charge in [-0.15, -0.1) is 0 Å². The highest BCUT2D eigenvalue weighted by atomic mass is 79.9. The normalized spacial score (nSPS) is 19.9. The summed E-state index contributed by atoms with van der Waals surface area (Å²) in [5.74, 6) is -1.24. The molecular formula is C11H12BrN3O3. The van der Waals surface area contributed by atoms with Crippen molar-refractivity contribution in [3.8, 4) is 0 Å². The molecular weight excluding hydrogens is 302 g/mol. The highest BCUT2D eigenvalue weighted by Gasteiger charge is 2.34. The standard InChI is InChI=1S/C11H12BrN3O3/c1-6-10(17)13-9(16)5-15(6)11(18)8-3-7(12)4-14(8)2/h3-4,6H,5H2,1-2H3,(H,13,16,17). The number of carbonyl (C=O) groups is 3. The van der Waals surface area contributed by atoms with E-state index in [1.807, 2.05) is 0 Å². The van der Waals surface area contributed by atoms with Crippen LogP contribution < -0.4 is 5.32 Å². The van der Waals surface area contributed by atoms with Gasteiger partial charge in [-0.25, -0.2) is 0 Å². The number of nitrogens with one attached hydrogen (secondary N) is 1. The van der Waals surface area contributed by atoms with Gasteiger partial charge >= 0.3 is 0 Å². The molecule has 0 aromatic carbocycles. The number of carbonyl (C=O) groups excluding carboxylic acids is 3. The van der Waals surface area contributed by atoms with Crippen LogP contribution in [-0.4, -0.2) is 39.8 Å². The first-order valence-electron chi connectivity index (χ1n) is 5.36. The average Bonchev–Trinajstić information content (AvgIpc) is 2.62.